The Morgan fingerprint density at radius 1 is 0.537 bits per heavy atom. The molecule has 0 aromatic carbocycles. The van der Waals surface area contributed by atoms with Crippen LogP contribution in [0, 0.1) is 12.3 Å². The molecule has 5 aliphatic rings. The third-order valence-corrected chi connectivity index (χ3v) is 8.44. The summed E-state index contributed by atoms with van der Waals surface area (Å²) in [4.78, 5) is 14.1. The molecule has 0 spiro atoms. The number of likely N-dealkylation sites (N-methyl/N-ethyl adjacent to an activating group) is 4. The Kier molecular flexibility index (Phi) is 27.7. The summed E-state index contributed by atoms with van der Waals surface area (Å²) in [5.41, 5.74) is 3.09. The fourth-order valence-electron chi connectivity index (χ4n) is 4.67. The Morgan fingerprint density at radius 2 is 0.878 bits per heavy atom. The Morgan fingerprint density at radius 3 is 1.12 bits per heavy atom. The zero-order valence-corrected chi connectivity index (χ0v) is 31.1. The largest absolute Gasteiger partial charge is 0.326 e. The maximum absolute atomic E-state index is 2.40. The second-order valence-corrected chi connectivity index (χ2v) is 12.9. The fraction of sp³-hybridized carbons (Fsp3) is 0.853. The number of piperazine rings is 1. The average molecular weight is 748 g/mol. The van der Waals surface area contributed by atoms with E-state index in [1.807, 2.05) is 0 Å². The van der Waals surface area contributed by atoms with Gasteiger partial charge >= 0.3 is 0 Å². The van der Waals surface area contributed by atoms with Crippen LogP contribution < -0.4 is 0 Å². The molecule has 0 bridgehead atoms. The zero-order chi connectivity index (χ0) is 29.0. The first-order valence-electron chi connectivity index (χ1n) is 15.8. The molecule has 5 aliphatic heterocycles. The molecule has 0 aliphatic carbocycles. The molecule has 0 saturated carbocycles. The number of rotatable bonds is 0. The van der Waals surface area contributed by atoms with Crippen LogP contribution in [0.25, 0.3) is 0 Å². The van der Waals surface area contributed by atoms with Gasteiger partial charge in [0, 0.05) is 73.4 Å². The predicted octanol–water partition coefficient (Wildman–Crippen LogP) is 5.30. The summed E-state index contributed by atoms with van der Waals surface area (Å²) < 4.78 is 0. The van der Waals surface area contributed by atoms with Crippen LogP contribution in [0.4, 0.5) is 0 Å². The Labute approximate surface area is 272 Å². The SMILES string of the molecule is C.CC1=CCN(C)CC1.CC1=CCN(C)CC1.CC1CCN(C)CC1.CN1CCN(C)CC1.CN1CC[CH-]CC1.[W]. The van der Waals surface area contributed by atoms with E-state index in [0.717, 1.165) is 19.0 Å². The Balaban J connectivity index is 0. The normalized spacial score (nSPS) is 23.5. The predicted molar refractivity (Wildman–Crippen MR) is 180 cm³/mol. The van der Waals surface area contributed by atoms with Gasteiger partial charge < -0.3 is 35.8 Å². The van der Waals surface area contributed by atoms with Crippen LogP contribution in [0.1, 0.15) is 66.7 Å². The van der Waals surface area contributed by atoms with Gasteiger partial charge in [-0.2, -0.15) is 12.8 Å². The summed E-state index contributed by atoms with van der Waals surface area (Å²) in [6.07, 6.45) is 14.8. The van der Waals surface area contributed by atoms with E-state index in [0.29, 0.717) is 0 Å². The van der Waals surface area contributed by atoms with Gasteiger partial charge in [0.15, 0.2) is 0 Å². The fourth-order valence-corrected chi connectivity index (χ4v) is 4.67. The van der Waals surface area contributed by atoms with Gasteiger partial charge in [0.2, 0.25) is 0 Å². The van der Waals surface area contributed by atoms with E-state index in [1.54, 1.807) is 11.1 Å². The summed E-state index contributed by atoms with van der Waals surface area (Å²) in [6, 6.07) is 0. The molecule has 3 saturated heterocycles. The molecule has 6 nitrogen and oxygen atoms in total. The van der Waals surface area contributed by atoms with Crippen molar-refractivity contribution >= 4 is 0 Å². The minimum absolute atomic E-state index is 0. The van der Waals surface area contributed by atoms with Crippen molar-refractivity contribution in [3.63, 3.8) is 0 Å². The van der Waals surface area contributed by atoms with Crippen molar-refractivity contribution in [2.75, 3.05) is 121 Å². The smallest absolute Gasteiger partial charge is 0.0162 e. The van der Waals surface area contributed by atoms with E-state index in [9.17, 15) is 0 Å². The molecule has 0 aromatic rings. The van der Waals surface area contributed by atoms with Gasteiger partial charge in [0.05, 0.1) is 0 Å². The molecule has 41 heavy (non-hydrogen) atoms. The first-order chi connectivity index (χ1) is 18.5. The molecule has 3 fully saturated rings. The van der Waals surface area contributed by atoms with Crippen LogP contribution in [0.5, 0.6) is 0 Å². The first kappa shape index (κ1) is 43.1. The van der Waals surface area contributed by atoms with Crippen LogP contribution in [-0.2, 0) is 21.1 Å². The van der Waals surface area contributed by atoms with Crippen molar-refractivity contribution in [2.24, 2.45) is 5.92 Å². The van der Waals surface area contributed by atoms with Crippen molar-refractivity contribution in [1.29, 1.82) is 0 Å². The number of hydrogen-bond donors (Lipinski definition) is 0. The number of hydrogen-bond acceptors (Lipinski definition) is 6. The Hall–Kier alpha value is -0.0717. The summed E-state index contributed by atoms with van der Waals surface area (Å²) in [7, 11) is 13.0. The van der Waals surface area contributed by atoms with Gasteiger partial charge in [0.25, 0.3) is 0 Å². The molecular weight excluding hydrogens is 676 g/mol. The molecule has 0 aromatic heterocycles. The third-order valence-electron chi connectivity index (χ3n) is 8.44. The average Bonchev–Trinajstić information content (AvgIpc) is 2.93. The van der Waals surface area contributed by atoms with Gasteiger partial charge in [-0.3, -0.25) is 0 Å². The van der Waals surface area contributed by atoms with E-state index >= 15 is 0 Å². The molecule has 7 heteroatoms. The van der Waals surface area contributed by atoms with E-state index in [1.165, 1.54) is 104 Å². The molecule has 0 radical (unpaired) electrons. The number of nitrogens with zero attached hydrogens (tertiary/aromatic N) is 6. The van der Waals surface area contributed by atoms with Crippen LogP contribution in [0.2, 0.25) is 0 Å². The minimum Gasteiger partial charge on any atom is -0.326 e. The molecule has 0 N–H and O–H groups in total. The van der Waals surface area contributed by atoms with Crippen molar-refractivity contribution in [3.05, 3.63) is 29.7 Å². The summed E-state index contributed by atoms with van der Waals surface area (Å²) in [6.45, 7) is 21.6. The van der Waals surface area contributed by atoms with Crippen molar-refractivity contribution < 1.29 is 21.1 Å². The van der Waals surface area contributed by atoms with E-state index in [-0.39, 0.29) is 28.5 Å². The van der Waals surface area contributed by atoms with Crippen LogP contribution >= 0.6 is 0 Å². The minimum atomic E-state index is 0. The molecular formula is C34H71N6W-. The molecule has 0 atom stereocenters. The monoisotopic (exact) mass is 748 g/mol. The maximum Gasteiger partial charge on any atom is 0.0162 e. The van der Waals surface area contributed by atoms with E-state index < -0.39 is 0 Å². The van der Waals surface area contributed by atoms with E-state index in [2.05, 4.69) is 111 Å². The van der Waals surface area contributed by atoms with Crippen LogP contribution in [0.3, 0.4) is 0 Å². The number of piperidine rings is 2. The van der Waals surface area contributed by atoms with Crippen molar-refractivity contribution in [2.45, 2.75) is 66.7 Å². The van der Waals surface area contributed by atoms with Gasteiger partial charge in [0.1, 0.15) is 0 Å². The van der Waals surface area contributed by atoms with Gasteiger partial charge in [-0.15, -0.1) is 0 Å². The molecule has 0 unspecified atom stereocenters. The maximum atomic E-state index is 2.40. The quantitative estimate of drug-likeness (QED) is 0.246. The molecule has 0 amide bonds. The molecule has 244 valence electrons. The summed E-state index contributed by atoms with van der Waals surface area (Å²) in [5.74, 6) is 0.978. The third kappa shape index (κ3) is 25.0. The standard InChI is InChI=1S/C7H15N.2C7H13N.C6H14N2.C6H12N.CH4.W/c4*1-7-3-5-8(2)6-4-7;1-7-5-3-2-4-6-7;;/h7H,3-6H2,1-2H3;2*3H,4-6H2,1-2H3;3-6H2,1-2H3;2H,3-6H2,1H3;1H4;/q;;;;-1;;. The molecule has 5 heterocycles. The zero-order valence-electron chi connectivity index (χ0n) is 28.1. The first-order valence-corrected chi connectivity index (χ1v) is 15.8. The summed E-state index contributed by atoms with van der Waals surface area (Å²) in [5, 5.41) is 0. The second kappa shape index (κ2) is 26.3. The van der Waals surface area contributed by atoms with Crippen LogP contribution in [0.15, 0.2) is 23.3 Å². The van der Waals surface area contributed by atoms with Crippen LogP contribution in [-0.4, -0.2) is 150 Å². The topological polar surface area (TPSA) is 19.4 Å². The van der Waals surface area contributed by atoms with Gasteiger partial charge in [-0.1, -0.05) is 37.6 Å². The Bertz CT molecular complexity index is 580. The number of likely N-dealkylation sites (tertiary alicyclic amines) is 2. The van der Waals surface area contributed by atoms with E-state index in [4.69, 9.17) is 0 Å². The van der Waals surface area contributed by atoms with Crippen molar-refractivity contribution in [3.8, 4) is 0 Å². The van der Waals surface area contributed by atoms with Gasteiger partial charge in [-0.05, 0) is 114 Å². The summed E-state index contributed by atoms with van der Waals surface area (Å²) >= 11 is 0. The van der Waals surface area contributed by atoms with Gasteiger partial charge in [-0.25, -0.2) is 0 Å². The second-order valence-electron chi connectivity index (χ2n) is 12.9. The van der Waals surface area contributed by atoms with Crippen molar-refractivity contribution in [1.82, 2.24) is 29.4 Å². The molecule has 5 rings (SSSR count).